The maximum atomic E-state index is 12.8. The number of nitrogens with two attached hydrogens (primary N) is 1. The van der Waals surface area contributed by atoms with Crippen LogP contribution in [-0.2, 0) is 32.5 Å². The van der Waals surface area contributed by atoms with E-state index in [1.54, 1.807) is 49.4 Å². The number of sulfonamides is 1. The Labute approximate surface area is 228 Å². The van der Waals surface area contributed by atoms with Gasteiger partial charge >= 0.3 is 5.97 Å². The number of rotatable bonds is 11. The Hall–Kier alpha value is -3.89. The Morgan fingerprint density at radius 3 is 2.45 bits per heavy atom. The molecule has 3 aromatic carbocycles. The van der Waals surface area contributed by atoms with Crippen LogP contribution < -0.4 is 10.5 Å². The van der Waals surface area contributed by atoms with E-state index < -0.39 is 10.0 Å². The summed E-state index contributed by atoms with van der Waals surface area (Å²) in [5, 5.41) is 7.59. The van der Waals surface area contributed by atoms with Crippen molar-refractivity contribution in [3.8, 4) is 0 Å². The second-order valence-corrected chi connectivity index (χ2v) is 10.2. The van der Waals surface area contributed by atoms with Gasteiger partial charge in [-0.05, 0) is 49.2 Å². The second-order valence-electron chi connectivity index (χ2n) is 8.50. The van der Waals surface area contributed by atoms with Gasteiger partial charge < -0.3 is 15.0 Å². The van der Waals surface area contributed by atoms with Crippen molar-refractivity contribution in [2.45, 2.75) is 37.6 Å². The minimum atomic E-state index is -3.74. The third-order valence-corrected chi connectivity index (χ3v) is 7.23. The first-order valence-corrected chi connectivity index (χ1v) is 13.4. The summed E-state index contributed by atoms with van der Waals surface area (Å²) < 4.78 is 35.3. The lowest BCUT2D eigenvalue weighted by Gasteiger charge is -2.11. The molecule has 1 aromatic heterocycles. The van der Waals surface area contributed by atoms with Crippen LogP contribution in [0.25, 0.3) is 11.0 Å². The molecule has 11 heteroatoms. The largest absolute Gasteiger partial charge is 0.466 e. The van der Waals surface area contributed by atoms with Crippen molar-refractivity contribution >= 4 is 51.0 Å². The van der Waals surface area contributed by atoms with E-state index in [0.29, 0.717) is 42.8 Å². The normalized spacial score (nSPS) is 11.1. The van der Waals surface area contributed by atoms with Gasteiger partial charge in [-0.3, -0.25) is 14.9 Å². The number of nitrogen functional groups attached to an aromatic ring is 1. The Morgan fingerprint density at radius 1 is 1.08 bits per heavy atom. The Balaban J connectivity index is 0.00000400. The SMILES string of the molecule is CCOC(=O)CCCn1c(Cc2ccc(C(=N)N)cc2)nc2cc(NS(=O)(=O)c3ccccc3)ccc21.Cl. The molecule has 0 radical (unpaired) electrons. The first-order valence-electron chi connectivity index (χ1n) is 11.9. The number of nitrogens with zero attached hydrogens (tertiary/aromatic N) is 2. The van der Waals surface area contributed by atoms with E-state index in [2.05, 4.69) is 4.72 Å². The molecule has 4 rings (SSSR count). The highest BCUT2D eigenvalue weighted by Gasteiger charge is 2.17. The van der Waals surface area contributed by atoms with Crippen LogP contribution in [0.4, 0.5) is 5.69 Å². The van der Waals surface area contributed by atoms with Crippen LogP contribution in [0.15, 0.2) is 77.7 Å². The third kappa shape index (κ3) is 6.90. The van der Waals surface area contributed by atoms with Crippen molar-refractivity contribution in [3.63, 3.8) is 0 Å². The number of ether oxygens (including phenoxy) is 1. The zero-order valence-electron chi connectivity index (χ0n) is 20.9. The number of carbonyl (C=O) groups is 1. The molecule has 0 saturated heterocycles. The van der Waals surface area contributed by atoms with Gasteiger partial charge in [-0.25, -0.2) is 13.4 Å². The summed E-state index contributed by atoms with van der Waals surface area (Å²) in [6, 6.07) is 20.8. The Kier molecular flexibility index (Phi) is 9.49. The van der Waals surface area contributed by atoms with Crippen LogP contribution in [0.5, 0.6) is 0 Å². The molecule has 38 heavy (non-hydrogen) atoms. The molecule has 0 bridgehead atoms. The summed E-state index contributed by atoms with van der Waals surface area (Å²) in [5.41, 5.74) is 9.07. The van der Waals surface area contributed by atoms with Gasteiger partial charge in [-0.2, -0.15) is 0 Å². The number of hydrogen-bond donors (Lipinski definition) is 3. The maximum Gasteiger partial charge on any atom is 0.305 e. The smallest absolute Gasteiger partial charge is 0.305 e. The van der Waals surface area contributed by atoms with Gasteiger partial charge in [0.1, 0.15) is 11.7 Å². The second kappa shape index (κ2) is 12.6. The van der Waals surface area contributed by atoms with Crippen LogP contribution >= 0.6 is 12.4 Å². The molecule has 9 nitrogen and oxygen atoms in total. The monoisotopic (exact) mass is 555 g/mol. The first kappa shape index (κ1) is 28.7. The summed E-state index contributed by atoms with van der Waals surface area (Å²) in [5.74, 6) is 0.534. The lowest BCUT2D eigenvalue weighted by molar-refractivity contribution is -0.143. The van der Waals surface area contributed by atoms with E-state index in [9.17, 15) is 13.2 Å². The summed E-state index contributed by atoms with van der Waals surface area (Å²) >= 11 is 0. The number of anilines is 1. The molecule has 4 aromatic rings. The highest BCUT2D eigenvalue weighted by atomic mass is 35.5. The number of carbonyl (C=O) groups excluding carboxylic acids is 1. The molecule has 0 spiro atoms. The average molecular weight is 556 g/mol. The van der Waals surface area contributed by atoms with Gasteiger partial charge in [-0.15, -0.1) is 12.4 Å². The molecule has 200 valence electrons. The number of aryl methyl sites for hydroxylation is 1. The highest BCUT2D eigenvalue weighted by molar-refractivity contribution is 7.92. The number of halogens is 1. The lowest BCUT2D eigenvalue weighted by atomic mass is 10.1. The lowest BCUT2D eigenvalue weighted by Crippen LogP contribution is -2.12. The fourth-order valence-electron chi connectivity index (χ4n) is 4.04. The molecule has 0 aliphatic heterocycles. The van der Waals surface area contributed by atoms with E-state index in [4.69, 9.17) is 20.9 Å². The highest BCUT2D eigenvalue weighted by Crippen LogP contribution is 2.25. The topological polar surface area (TPSA) is 140 Å². The standard InChI is InChI=1S/C27H29N5O4S.ClH/c1-2-36-26(33)9-6-16-32-24-15-14-21(31-37(34,35)22-7-4-3-5-8-22)18-23(24)30-25(32)17-19-10-12-20(13-11-19)27(28)29;/h3-5,7-8,10-15,18,31H,2,6,9,16-17H2,1H3,(H3,28,29);1H. The van der Waals surface area contributed by atoms with Gasteiger partial charge in [0.05, 0.1) is 28.2 Å². The average Bonchev–Trinajstić information content (AvgIpc) is 3.21. The fraction of sp³-hybridized carbons (Fsp3) is 0.222. The van der Waals surface area contributed by atoms with Crippen molar-refractivity contribution < 1.29 is 17.9 Å². The summed E-state index contributed by atoms with van der Waals surface area (Å²) in [4.78, 5) is 16.8. The van der Waals surface area contributed by atoms with Crippen molar-refractivity contribution in [1.29, 1.82) is 5.41 Å². The number of imidazole rings is 1. The van der Waals surface area contributed by atoms with E-state index in [0.717, 1.165) is 16.9 Å². The molecule has 0 unspecified atom stereocenters. The molecule has 4 N–H and O–H groups in total. The molecule has 1 heterocycles. The van der Waals surface area contributed by atoms with Crippen molar-refractivity contribution in [2.75, 3.05) is 11.3 Å². The van der Waals surface area contributed by atoms with E-state index in [1.807, 2.05) is 22.8 Å². The third-order valence-electron chi connectivity index (χ3n) is 5.83. The summed E-state index contributed by atoms with van der Waals surface area (Å²) in [7, 11) is -3.74. The van der Waals surface area contributed by atoms with Crippen LogP contribution in [0.3, 0.4) is 0 Å². The fourth-order valence-corrected chi connectivity index (χ4v) is 5.11. The number of amidine groups is 1. The van der Waals surface area contributed by atoms with Gasteiger partial charge in [0.25, 0.3) is 10.0 Å². The van der Waals surface area contributed by atoms with E-state index in [-0.39, 0.29) is 35.5 Å². The minimum Gasteiger partial charge on any atom is -0.466 e. The molecule has 0 aliphatic rings. The summed E-state index contributed by atoms with van der Waals surface area (Å²) in [6.07, 6.45) is 1.37. The van der Waals surface area contributed by atoms with Crippen molar-refractivity contribution in [2.24, 2.45) is 5.73 Å². The van der Waals surface area contributed by atoms with Gasteiger partial charge in [0.2, 0.25) is 0 Å². The molecule has 0 saturated carbocycles. The number of esters is 1. The predicted molar refractivity (Wildman–Crippen MR) is 150 cm³/mol. The van der Waals surface area contributed by atoms with Crippen LogP contribution in [0.2, 0.25) is 0 Å². The van der Waals surface area contributed by atoms with Gasteiger partial charge in [-0.1, -0.05) is 42.5 Å². The Morgan fingerprint density at radius 2 is 1.79 bits per heavy atom. The quantitative estimate of drug-likeness (QED) is 0.142. The zero-order valence-corrected chi connectivity index (χ0v) is 22.5. The maximum absolute atomic E-state index is 12.8. The molecule has 0 amide bonds. The predicted octanol–water partition coefficient (Wildman–Crippen LogP) is 4.48. The van der Waals surface area contributed by atoms with Gasteiger partial charge in [0.15, 0.2) is 0 Å². The van der Waals surface area contributed by atoms with Crippen LogP contribution in [-0.4, -0.2) is 36.4 Å². The number of hydrogen-bond acceptors (Lipinski definition) is 6. The first-order chi connectivity index (χ1) is 17.8. The number of benzene rings is 3. The Bertz CT molecular complexity index is 1520. The number of nitrogens with one attached hydrogen (secondary N) is 2. The van der Waals surface area contributed by atoms with E-state index in [1.165, 1.54) is 12.1 Å². The minimum absolute atomic E-state index is 0. The van der Waals surface area contributed by atoms with E-state index >= 15 is 0 Å². The molecule has 0 atom stereocenters. The summed E-state index contributed by atoms with van der Waals surface area (Å²) in [6.45, 7) is 2.67. The molecule has 0 fully saturated rings. The van der Waals surface area contributed by atoms with Crippen LogP contribution in [0, 0.1) is 5.41 Å². The zero-order chi connectivity index (χ0) is 26.4. The molecular formula is C27H30ClN5O4S. The van der Waals surface area contributed by atoms with Crippen LogP contribution in [0.1, 0.15) is 36.7 Å². The van der Waals surface area contributed by atoms with Gasteiger partial charge in [0, 0.05) is 24.9 Å². The van der Waals surface area contributed by atoms with Crippen molar-refractivity contribution in [3.05, 3.63) is 89.7 Å². The van der Waals surface area contributed by atoms with Crippen molar-refractivity contribution in [1.82, 2.24) is 9.55 Å². The number of fused-ring (bicyclic) bond motifs is 1. The number of aromatic nitrogens is 2. The molecular weight excluding hydrogens is 526 g/mol. The molecule has 0 aliphatic carbocycles.